The normalized spacial score (nSPS) is 11.6. The van der Waals surface area contributed by atoms with Crippen LogP contribution in [-0.4, -0.2) is 30.1 Å². The number of nitrogens with one attached hydrogen (secondary N) is 2. The molecule has 5 heterocycles. The third-order valence-corrected chi connectivity index (χ3v) is 6.35. The lowest BCUT2D eigenvalue weighted by atomic mass is 10.1. The molecule has 0 atom stereocenters. The lowest BCUT2D eigenvalue weighted by Gasteiger charge is -2.04. The third-order valence-electron chi connectivity index (χ3n) is 5.32. The first-order chi connectivity index (χ1) is 15.6. The summed E-state index contributed by atoms with van der Waals surface area (Å²) in [5.74, 6) is -0.0260. The summed E-state index contributed by atoms with van der Waals surface area (Å²) < 4.78 is 15.6. The van der Waals surface area contributed by atoms with Crippen LogP contribution in [0.15, 0.2) is 55.0 Å². The van der Waals surface area contributed by atoms with Crippen LogP contribution in [0.4, 0.5) is 10.1 Å². The van der Waals surface area contributed by atoms with E-state index >= 15 is 4.39 Å². The van der Waals surface area contributed by atoms with Crippen molar-refractivity contribution in [1.82, 2.24) is 30.1 Å². The Bertz CT molecular complexity index is 1630. The minimum Gasteiger partial charge on any atom is -0.397 e. The Balaban J connectivity index is 1.55. The number of nitrogens with zero attached hydrogens (tertiary/aromatic N) is 4. The standard InChI is InChI=1S/C23H16FN7S/c1-11-5-6-17(32-11)14-3-2-4-15-21(14)29-23(28-15)22-18-16(30-31-22)10-27-20(19(18)24)12-7-13(25)9-26-8-12/h2-10H,25H2,1H3,(H,28,29)(H,30,31). The van der Waals surface area contributed by atoms with Crippen molar-refractivity contribution >= 4 is 39.0 Å². The zero-order valence-electron chi connectivity index (χ0n) is 16.8. The fourth-order valence-corrected chi connectivity index (χ4v) is 4.75. The number of para-hydroxylation sites is 1. The highest BCUT2D eigenvalue weighted by atomic mass is 32.1. The molecule has 0 unspecified atom stereocenters. The average molecular weight is 441 g/mol. The Morgan fingerprint density at radius 1 is 1.03 bits per heavy atom. The summed E-state index contributed by atoms with van der Waals surface area (Å²) >= 11 is 1.71. The van der Waals surface area contributed by atoms with Crippen LogP contribution in [0.3, 0.4) is 0 Å². The second-order valence-electron chi connectivity index (χ2n) is 7.49. The van der Waals surface area contributed by atoms with Gasteiger partial charge in [-0.2, -0.15) is 5.10 Å². The quantitative estimate of drug-likeness (QED) is 0.344. The molecular formula is C23H16FN7S. The van der Waals surface area contributed by atoms with Crippen LogP contribution in [0.25, 0.3) is 55.2 Å². The monoisotopic (exact) mass is 441 g/mol. The Morgan fingerprint density at radius 3 is 2.75 bits per heavy atom. The summed E-state index contributed by atoms with van der Waals surface area (Å²) in [7, 11) is 0. The number of nitrogen functional groups attached to an aromatic ring is 1. The van der Waals surface area contributed by atoms with Crippen LogP contribution in [-0.2, 0) is 0 Å². The Kier molecular flexibility index (Phi) is 4.05. The number of imidazole rings is 1. The van der Waals surface area contributed by atoms with E-state index in [1.54, 1.807) is 23.6 Å². The Hall–Kier alpha value is -4.11. The van der Waals surface area contributed by atoms with Crippen molar-refractivity contribution in [2.24, 2.45) is 0 Å². The highest BCUT2D eigenvalue weighted by Crippen LogP contribution is 2.36. The molecule has 5 aromatic heterocycles. The van der Waals surface area contributed by atoms with E-state index < -0.39 is 5.82 Å². The topological polar surface area (TPSA) is 109 Å². The minimum absolute atomic E-state index is 0.158. The first-order valence-electron chi connectivity index (χ1n) is 9.88. The van der Waals surface area contributed by atoms with Crippen molar-refractivity contribution in [1.29, 1.82) is 0 Å². The van der Waals surface area contributed by atoms with Gasteiger partial charge in [-0.25, -0.2) is 9.37 Å². The van der Waals surface area contributed by atoms with Crippen LogP contribution in [0.2, 0.25) is 0 Å². The fraction of sp³-hybridized carbons (Fsp3) is 0.0435. The van der Waals surface area contributed by atoms with Crippen molar-refractivity contribution in [3.8, 4) is 33.2 Å². The van der Waals surface area contributed by atoms with Gasteiger partial charge in [-0.15, -0.1) is 11.3 Å². The van der Waals surface area contributed by atoms with Crippen LogP contribution in [0.5, 0.6) is 0 Å². The Morgan fingerprint density at radius 2 is 1.94 bits per heavy atom. The zero-order chi connectivity index (χ0) is 21.8. The van der Waals surface area contributed by atoms with Crippen LogP contribution >= 0.6 is 11.3 Å². The summed E-state index contributed by atoms with van der Waals surface area (Å²) in [6.07, 6.45) is 4.59. The van der Waals surface area contributed by atoms with E-state index in [-0.39, 0.29) is 5.69 Å². The van der Waals surface area contributed by atoms with E-state index in [2.05, 4.69) is 44.2 Å². The number of nitrogens with two attached hydrogens (primary N) is 1. The van der Waals surface area contributed by atoms with Crippen LogP contribution in [0.1, 0.15) is 4.88 Å². The minimum atomic E-state index is -0.506. The van der Waals surface area contributed by atoms with Gasteiger partial charge in [0.15, 0.2) is 11.6 Å². The molecule has 156 valence electrons. The van der Waals surface area contributed by atoms with Gasteiger partial charge in [-0.1, -0.05) is 12.1 Å². The number of anilines is 1. The third kappa shape index (κ3) is 2.86. The number of aryl methyl sites for hydroxylation is 1. The molecule has 6 rings (SSSR count). The number of halogens is 1. The molecule has 0 amide bonds. The van der Waals surface area contributed by atoms with Crippen molar-refractivity contribution in [3.63, 3.8) is 0 Å². The van der Waals surface area contributed by atoms with Crippen molar-refractivity contribution in [3.05, 3.63) is 65.7 Å². The number of hydrogen-bond acceptors (Lipinski definition) is 6. The number of benzene rings is 1. The van der Waals surface area contributed by atoms with Gasteiger partial charge >= 0.3 is 0 Å². The molecule has 1 aromatic carbocycles. The number of fused-ring (bicyclic) bond motifs is 2. The number of rotatable bonds is 3. The van der Waals surface area contributed by atoms with E-state index in [4.69, 9.17) is 10.7 Å². The maximum absolute atomic E-state index is 15.6. The molecule has 9 heteroatoms. The second kappa shape index (κ2) is 6.96. The molecule has 6 aromatic rings. The number of pyridine rings is 2. The summed E-state index contributed by atoms with van der Waals surface area (Å²) in [6, 6.07) is 11.8. The number of thiophene rings is 1. The van der Waals surface area contributed by atoms with E-state index in [1.165, 1.54) is 17.3 Å². The zero-order valence-corrected chi connectivity index (χ0v) is 17.7. The SMILES string of the molecule is Cc1ccc(-c2cccc3[nH]c(-c4n[nH]c5cnc(-c6cncc(N)c6)c(F)c45)nc23)s1. The molecule has 7 nitrogen and oxygen atoms in total. The number of aromatic amines is 2. The molecule has 0 aliphatic carbocycles. The van der Waals surface area contributed by atoms with Gasteiger partial charge in [0.05, 0.1) is 33.8 Å². The maximum atomic E-state index is 15.6. The summed E-state index contributed by atoms with van der Waals surface area (Å²) in [5.41, 5.74) is 10.5. The van der Waals surface area contributed by atoms with Gasteiger partial charge in [0.2, 0.25) is 0 Å². The lowest BCUT2D eigenvalue weighted by molar-refractivity contribution is 0.638. The predicted octanol–water partition coefficient (Wildman–Crippen LogP) is 5.32. The fourth-order valence-electron chi connectivity index (χ4n) is 3.86. The van der Waals surface area contributed by atoms with E-state index in [0.717, 1.165) is 21.5 Å². The molecular weight excluding hydrogens is 425 g/mol. The average Bonchev–Trinajstić information content (AvgIpc) is 3.51. The van der Waals surface area contributed by atoms with Gasteiger partial charge in [0, 0.05) is 33.3 Å². The first kappa shape index (κ1) is 18.6. The van der Waals surface area contributed by atoms with Crippen molar-refractivity contribution in [2.45, 2.75) is 6.92 Å². The van der Waals surface area contributed by atoms with Gasteiger partial charge in [0.25, 0.3) is 0 Å². The van der Waals surface area contributed by atoms with Gasteiger partial charge in [-0.3, -0.25) is 15.1 Å². The van der Waals surface area contributed by atoms with Gasteiger partial charge in [0.1, 0.15) is 11.4 Å². The van der Waals surface area contributed by atoms with E-state index in [1.807, 2.05) is 18.2 Å². The predicted molar refractivity (Wildman–Crippen MR) is 125 cm³/mol. The molecule has 0 radical (unpaired) electrons. The maximum Gasteiger partial charge on any atom is 0.161 e. The molecule has 0 aliphatic heterocycles. The van der Waals surface area contributed by atoms with Crippen molar-refractivity contribution in [2.75, 3.05) is 5.73 Å². The van der Waals surface area contributed by atoms with Gasteiger partial charge in [-0.05, 0) is 31.2 Å². The van der Waals surface area contributed by atoms with Gasteiger partial charge < -0.3 is 10.7 Å². The molecule has 0 aliphatic rings. The molecule has 4 N–H and O–H groups in total. The van der Waals surface area contributed by atoms with Crippen LogP contribution < -0.4 is 5.73 Å². The molecule has 0 bridgehead atoms. The second-order valence-corrected chi connectivity index (χ2v) is 8.77. The smallest absolute Gasteiger partial charge is 0.161 e. The highest BCUT2D eigenvalue weighted by molar-refractivity contribution is 7.15. The molecule has 0 saturated heterocycles. The number of hydrogen-bond donors (Lipinski definition) is 3. The summed E-state index contributed by atoms with van der Waals surface area (Å²) in [6.45, 7) is 2.07. The Labute approximate surface area is 185 Å². The highest BCUT2D eigenvalue weighted by Gasteiger charge is 2.21. The molecule has 0 fully saturated rings. The van der Waals surface area contributed by atoms with E-state index in [0.29, 0.717) is 33.7 Å². The lowest BCUT2D eigenvalue weighted by Crippen LogP contribution is -1.94. The number of H-pyrrole nitrogens is 2. The largest absolute Gasteiger partial charge is 0.397 e. The summed E-state index contributed by atoms with van der Waals surface area (Å²) in [5, 5.41) is 7.51. The van der Waals surface area contributed by atoms with Crippen LogP contribution in [0, 0.1) is 12.7 Å². The first-order valence-corrected chi connectivity index (χ1v) is 10.7. The van der Waals surface area contributed by atoms with E-state index in [9.17, 15) is 0 Å². The molecule has 32 heavy (non-hydrogen) atoms. The molecule has 0 saturated carbocycles. The number of aromatic nitrogens is 6. The van der Waals surface area contributed by atoms with Crippen molar-refractivity contribution < 1.29 is 4.39 Å². The molecule has 0 spiro atoms. The summed E-state index contributed by atoms with van der Waals surface area (Å²) in [4.78, 5) is 18.7.